The number of alkyl halides is 6. The van der Waals surface area contributed by atoms with Crippen LogP contribution in [0.5, 0.6) is 0 Å². The molecule has 16 heteroatoms. The second-order valence-electron chi connectivity index (χ2n) is 6.94. The summed E-state index contributed by atoms with van der Waals surface area (Å²) in [6.07, 6.45) is -8.68. The van der Waals surface area contributed by atoms with E-state index in [1.807, 2.05) is 0 Å². The van der Waals surface area contributed by atoms with Crippen LogP contribution in [-0.2, 0) is 11.0 Å². The highest BCUT2D eigenvalue weighted by Crippen LogP contribution is 2.31. The molecular formula is C20H10ClF6N5O4. The quantitative estimate of drug-likeness (QED) is 0.342. The topological polar surface area (TPSA) is 111 Å². The van der Waals surface area contributed by atoms with E-state index in [0.717, 1.165) is 18.2 Å². The molecule has 36 heavy (non-hydrogen) atoms. The van der Waals surface area contributed by atoms with Crippen LogP contribution in [0.1, 0.15) is 5.56 Å². The standard InChI is InChI=1S/C20H10ClF6N5O4/c21-12-8-28-17(30-10-3-1-9(2-4-10)19(22,23)24)31-15(12)29-11-5-6-14-13(7-11)32(18(34)35-14)36-16(33)20(25,26)27/h1-8H,(H2,28,29,30,31). The van der Waals surface area contributed by atoms with Crippen molar-refractivity contribution >= 4 is 51.8 Å². The van der Waals surface area contributed by atoms with Crippen LogP contribution in [-0.4, -0.2) is 26.8 Å². The SMILES string of the molecule is O=C(On1c(=O)oc2ccc(Nc3nc(Nc4ccc(C(F)(F)F)cc4)ncc3Cl)cc21)C(F)(F)F. The third-order valence-electron chi connectivity index (χ3n) is 4.42. The summed E-state index contributed by atoms with van der Waals surface area (Å²) in [6.45, 7) is 0. The fourth-order valence-electron chi connectivity index (χ4n) is 2.82. The number of hydrogen-bond donors (Lipinski definition) is 2. The molecular weight excluding hydrogens is 524 g/mol. The number of nitrogens with zero attached hydrogens (tertiary/aromatic N) is 3. The van der Waals surface area contributed by atoms with Gasteiger partial charge in [0.1, 0.15) is 10.5 Å². The lowest BCUT2D eigenvalue weighted by Gasteiger charge is -2.11. The predicted molar refractivity (Wildman–Crippen MR) is 113 cm³/mol. The Labute approximate surface area is 200 Å². The molecule has 188 valence electrons. The molecule has 4 aromatic rings. The van der Waals surface area contributed by atoms with Gasteiger partial charge in [0, 0.05) is 11.4 Å². The Bertz CT molecular complexity index is 1500. The number of fused-ring (bicyclic) bond motifs is 1. The number of carbonyl (C=O) groups is 1. The molecule has 2 heterocycles. The van der Waals surface area contributed by atoms with Crippen molar-refractivity contribution in [3.05, 3.63) is 69.8 Å². The van der Waals surface area contributed by atoms with E-state index in [-0.39, 0.29) is 44.0 Å². The molecule has 9 nitrogen and oxygen atoms in total. The average molecular weight is 534 g/mol. The number of aromatic nitrogens is 3. The van der Waals surface area contributed by atoms with E-state index in [4.69, 9.17) is 16.0 Å². The minimum Gasteiger partial charge on any atom is -0.405 e. The van der Waals surface area contributed by atoms with Gasteiger partial charge in [-0.1, -0.05) is 16.3 Å². The maximum Gasteiger partial charge on any atom is 0.493 e. The summed E-state index contributed by atoms with van der Waals surface area (Å²) in [5.74, 6) is -4.07. The third-order valence-corrected chi connectivity index (χ3v) is 4.70. The van der Waals surface area contributed by atoms with Crippen molar-refractivity contribution in [2.24, 2.45) is 0 Å². The van der Waals surface area contributed by atoms with E-state index in [9.17, 15) is 35.9 Å². The maximum atomic E-state index is 12.7. The molecule has 0 spiro atoms. The molecule has 4 rings (SSSR count). The summed E-state index contributed by atoms with van der Waals surface area (Å²) < 4.78 is 80.6. The molecule has 0 bridgehead atoms. The first kappa shape index (κ1) is 24.8. The van der Waals surface area contributed by atoms with E-state index in [0.29, 0.717) is 0 Å². The molecule has 0 unspecified atom stereocenters. The number of oxazole rings is 1. The minimum atomic E-state index is -5.36. The maximum absolute atomic E-state index is 12.7. The highest BCUT2D eigenvalue weighted by Gasteiger charge is 2.42. The fourth-order valence-corrected chi connectivity index (χ4v) is 2.96. The number of halogens is 7. The molecule has 0 radical (unpaired) electrons. The molecule has 2 aromatic heterocycles. The highest BCUT2D eigenvalue weighted by molar-refractivity contribution is 6.32. The van der Waals surface area contributed by atoms with Gasteiger partial charge in [0.05, 0.1) is 11.8 Å². The molecule has 0 saturated carbocycles. The van der Waals surface area contributed by atoms with Crippen LogP contribution in [0.3, 0.4) is 0 Å². The first-order valence-corrected chi connectivity index (χ1v) is 9.88. The summed E-state index contributed by atoms with van der Waals surface area (Å²) in [6, 6.07) is 7.77. The minimum absolute atomic E-state index is 0.00106. The van der Waals surface area contributed by atoms with Gasteiger partial charge in [-0.15, -0.1) is 0 Å². The molecule has 0 aliphatic carbocycles. The van der Waals surface area contributed by atoms with Gasteiger partial charge >= 0.3 is 24.1 Å². The number of rotatable bonds is 5. The zero-order valence-corrected chi connectivity index (χ0v) is 18.0. The number of carbonyl (C=O) groups excluding carboxylic acids is 1. The largest absolute Gasteiger partial charge is 0.493 e. The highest BCUT2D eigenvalue weighted by atomic mass is 35.5. The van der Waals surface area contributed by atoms with Crippen molar-refractivity contribution in [2.75, 3.05) is 10.6 Å². The van der Waals surface area contributed by atoms with E-state index in [1.54, 1.807) is 0 Å². The van der Waals surface area contributed by atoms with Gasteiger partial charge in [-0.25, -0.2) is 14.6 Å². The van der Waals surface area contributed by atoms with Gasteiger partial charge in [-0.2, -0.15) is 31.3 Å². The molecule has 0 amide bonds. The van der Waals surface area contributed by atoms with Gasteiger partial charge in [0.25, 0.3) is 0 Å². The lowest BCUT2D eigenvalue weighted by atomic mass is 10.2. The molecule has 2 aromatic carbocycles. The summed E-state index contributed by atoms with van der Waals surface area (Å²) in [7, 11) is 0. The zero-order chi connectivity index (χ0) is 26.3. The van der Waals surface area contributed by atoms with E-state index >= 15 is 0 Å². The van der Waals surface area contributed by atoms with Crippen LogP contribution >= 0.6 is 11.6 Å². The van der Waals surface area contributed by atoms with Crippen LogP contribution in [0, 0.1) is 0 Å². The monoisotopic (exact) mass is 533 g/mol. The van der Waals surface area contributed by atoms with Crippen molar-refractivity contribution in [1.29, 1.82) is 0 Å². The summed E-state index contributed by atoms with van der Waals surface area (Å²) in [5.41, 5.74) is -0.955. The second kappa shape index (κ2) is 9.07. The van der Waals surface area contributed by atoms with E-state index in [2.05, 4.69) is 25.4 Å². The van der Waals surface area contributed by atoms with Crippen LogP contribution in [0.15, 0.2) is 57.9 Å². The summed E-state index contributed by atoms with van der Waals surface area (Å²) >= 11 is 6.08. The van der Waals surface area contributed by atoms with Crippen LogP contribution < -0.4 is 21.2 Å². The first-order valence-electron chi connectivity index (χ1n) is 9.50. The summed E-state index contributed by atoms with van der Waals surface area (Å²) in [4.78, 5) is 35.1. The van der Waals surface area contributed by atoms with Crippen LogP contribution in [0.25, 0.3) is 11.1 Å². The van der Waals surface area contributed by atoms with Crippen molar-refractivity contribution in [2.45, 2.75) is 12.4 Å². The van der Waals surface area contributed by atoms with Gasteiger partial charge in [0.15, 0.2) is 11.4 Å². The number of hydrogen-bond acceptors (Lipinski definition) is 8. The Morgan fingerprint density at radius 2 is 1.67 bits per heavy atom. The molecule has 0 atom stereocenters. The van der Waals surface area contributed by atoms with Gasteiger partial charge in [-0.3, -0.25) is 0 Å². The van der Waals surface area contributed by atoms with Gasteiger partial charge < -0.3 is 19.9 Å². The smallest absolute Gasteiger partial charge is 0.405 e. The van der Waals surface area contributed by atoms with Crippen molar-refractivity contribution in [3.63, 3.8) is 0 Å². The summed E-state index contributed by atoms with van der Waals surface area (Å²) in [5, 5.41) is 5.45. The van der Waals surface area contributed by atoms with Crippen molar-refractivity contribution in [3.8, 4) is 0 Å². The zero-order valence-electron chi connectivity index (χ0n) is 17.2. The lowest BCUT2D eigenvalue weighted by molar-refractivity contribution is -0.200. The third kappa shape index (κ3) is 5.35. The normalized spacial score (nSPS) is 12.0. The molecule has 2 N–H and O–H groups in total. The van der Waals surface area contributed by atoms with E-state index in [1.165, 1.54) is 30.5 Å². The van der Waals surface area contributed by atoms with Gasteiger partial charge in [-0.05, 0) is 42.5 Å². The van der Waals surface area contributed by atoms with Crippen LogP contribution in [0.4, 0.5) is 49.5 Å². The average Bonchev–Trinajstić information content (AvgIpc) is 3.09. The Kier molecular flexibility index (Phi) is 6.26. The molecule has 0 fully saturated rings. The van der Waals surface area contributed by atoms with Crippen molar-refractivity contribution in [1.82, 2.24) is 14.7 Å². The second-order valence-corrected chi connectivity index (χ2v) is 7.34. The number of benzene rings is 2. The van der Waals surface area contributed by atoms with E-state index < -0.39 is 29.6 Å². The number of nitrogens with one attached hydrogen (secondary N) is 2. The molecule has 0 aliphatic heterocycles. The fraction of sp³-hybridized carbons (Fsp3) is 0.100. The Morgan fingerprint density at radius 1 is 1.00 bits per heavy atom. The molecule has 0 saturated heterocycles. The Morgan fingerprint density at radius 3 is 2.31 bits per heavy atom. The van der Waals surface area contributed by atoms with Crippen molar-refractivity contribution < 1.29 is 40.4 Å². The predicted octanol–water partition coefficient (Wildman–Crippen LogP) is 5.06. The number of anilines is 4. The first-order chi connectivity index (χ1) is 16.8. The molecule has 0 aliphatic rings. The van der Waals surface area contributed by atoms with Crippen LogP contribution in [0.2, 0.25) is 5.02 Å². The Balaban J connectivity index is 1.58. The lowest BCUT2D eigenvalue weighted by Crippen LogP contribution is -2.36. The Hall–Kier alpha value is -4.27. The van der Waals surface area contributed by atoms with Gasteiger partial charge in [0.2, 0.25) is 5.95 Å².